The highest BCUT2D eigenvalue weighted by molar-refractivity contribution is 6.29. The molecule has 0 saturated carbocycles. The number of carbonyl (C=O) groups excluding carboxylic acids is 1. The number of hydrogen-bond donors (Lipinski definition) is 1. The third kappa shape index (κ3) is 2.29. The van der Waals surface area contributed by atoms with Crippen LogP contribution in [0.4, 0.5) is 0 Å². The molecule has 2 aromatic rings. The first-order valence-corrected chi connectivity index (χ1v) is 6.68. The van der Waals surface area contributed by atoms with Gasteiger partial charge < -0.3 is 9.84 Å². The van der Waals surface area contributed by atoms with Gasteiger partial charge in [-0.05, 0) is 17.7 Å². The molecule has 2 aromatic carbocycles. The van der Waals surface area contributed by atoms with Gasteiger partial charge in [-0.15, -0.1) is 0 Å². The van der Waals surface area contributed by atoms with Crippen LogP contribution in [0.5, 0.6) is 5.75 Å². The second kappa shape index (κ2) is 5.05. The van der Waals surface area contributed by atoms with E-state index in [1.165, 1.54) is 7.11 Å². The van der Waals surface area contributed by atoms with E-state index in [4.69, 9.17) is 4.74 Å². The lowest BCUT2D eigenvalue weighted by molar-refractivity contribution is -0.142. The van der Waals surface area contributed by atoms with E-state index in [0.29, 0.717) is 17.7 Å². The van der Waals surface area contributed by atoms with Crippen molar-refractivity contribution in [1.82, 2.24) is 0 Å². The highest BCUT2D eigenvalue weighted by Gasteiger charge is 2.56. The molecule has 4 nitrogen and oxygen atoms in total. The van der Waals surface area contributed by atoms with E-state index in [9.17, 15) is 9.90 Å². The lowest BCUT2D eigenvalue weighted by Gasteiger charge is -2.13. The first kappa shape index (κ1) is 13.4. The molecule has 0 radical (unpaired) electrons. The summed E-state index contributed by atoms with van der Waals surface area (Å²) in [6, 6.07) is 16.5. The van der Waals surface area contributed by atoms with Crippen molar-refractivity contribution in [2.75, 3.05) is 7.11 Å². The Hall–Kier alpha value is -2.62. The fourth-order valence-corrected chi connectivity index (χ4v) is 2.52. The zero-order valence-electron chi connectivity index (χ0n) is 11.6. The average molecular weight is 281 g/mol. The van der Waals surface area contributed by atoms with E-state index in [-0.39, 0.29) is 5.75 Å². The molecule has 4 heteroatoms. The SMILES string of the molecule is COC(=O)C1(Cc2ccccc2)N=C1c1ccccc1O. The molecule has 0 amide bonds. The highest BCUT2D eigenvalue weighted by Crippen LogP contribution is 2.39. The van der Waals surface area contributed by atoms with Crippen LogP contribution in [-0.4, -0.2) is 29.4 Å². The summed E-state index contributed by atoms with van der Waals surface area (Å²) in [5, 5.41) is 9.94. The smallest absolute Gasteiger partial charge is 0.340 e. The third-order valence-corrected chi connectivity index (χ3v) is 3.63. The molecule has 1 aliphatic rings. The molecule has 1 unspecified atom stereocenters. The molecule has 1 aliphatic heterocycles. The summed E-state index contributed by atoms with van der Waals surface area (Å²) in [5.74, 6) is -0.278. The number of methoxy groups -OCH3 is 1. The molecule has 0 saturated heterocycles. The molecular formula is C17H15NO3. The number of benzene rings is 2. The maximum Gasteiger partial charge on any atom is 0.340 e. The minimum Gasteiger partial charge on any atom is -0.507 e. The van der Waals surface area contributed by atoms with Crippen LogP contribution in [0.3, 0.4) is 0 Å². The minimum atomic E-state index is -1.01. The Morgan fingerprint density at radius 2 is 1.81 bits per heavy atom. The molecule has 1 N–H and O–H groups in total. The molecule has 0 spiro atoms. The summed E-state index contributed by atoms with van der Waals surface area (Å²) in [7, 11) is 1.35. The normalized spacial score (nSPS) is 19.8. The molecule has 106 valence electrons. The number of aliphatic imine (C=N–C) groups is 1. The van der Waals surface area contributed by atoms with Crippen molar-refractivity contribution in [1.29, 1.82) is 0 Å². The Morgan fingerprint density at radius 1 is 1.14 bits per heavy atom. The number of carbonyl (C=O) groups is 1. The van der Waals surface area contributed by atoms with E-state index >= 15 is 0 Å². The van der Waals surface area contributed by atoms with Gasteiger partial charge >= 0.3 is 5.97 Å². The van der Waals surface area contributed by atoms with Crippen molar-refractivity contribution in [2.45, 2.75) is 12.0 Å². The summed E-state index contributed by atoms with van der Waals surface area (Å²) in [6.07, 6.45) is 0.435. The number of phenols is 1. The Balaban J connectivity index is 1.93. The van der Waals surface area contributed by atoms with Gasteiger partial charge in [0.2, 0.25) is 5.54 Å². The van der Waals surface area contributed by atoms with E-state index in [0.717, 1.165) is 5.56 Å². The van der Waals surface area contributed by atoms with Gasteiger partial charge in [0.05, 0.1) is 12.8 Å². The molecule has 0 fully saturated rings. The number of phenolic OH excluding ortho intramolecular Hbond substituents is 1. The Kier molecular flexibility index (Phi) is 3.22. The second-order valence-corrected chi connectivity index (χ2v) is 4.99. The summed E-state index contributed by atoms with van der Waals surface area (Å²) in [5.41, 5.74) is 1.15. The lowest BCUT2D eigenvalue weighted by Crippen LogP contribution is -2.34. The maximum absolute atomic E-state index is 12.2. The second-order valence-electron chi connectivity index (χ2n) is 4.99. The van der Waals surface area contributed by atoms with E-state index in [2.05, 4.69) is 4.99 Å². The van der Waals surface area contributed by atoms with Crippen LogP contribution in [-0.2, 0) is 16.0 Å². The predicted octanol–water partition coefficient (Wildman–Crippen LogP) is 2.35. The van der Waals surface area contributed by atoms with Crippen molar-refractivity contribution >= 4 is 11.7 Å². The van der Waals surface area contributed by atoms with Crippen LogP contribution in [0.2, 0.25) is 0 Å². The summed E-state index contributed by atoms with van der Waals surface area (Å²) in [4.78, 5) is 16.5. The first-order chi connectivity index (χ1) is 10.2. The number of rotatable bonds is 4. The van der Waals surface area contributed by atoms with Crippen molar-refractivity contribution in [2.24, 2.45) is 4.99 Å². The van der Waals surface area contributed by atoms with E-state index in [1.54, 1.807) is 24.3 Å². The van der Waals surface area contributed by atoms with Gasteiger partial charge in [-0.3, -0.25) is 4.99 Å². The fraction of sp³-hybridized carbons (Fsp3) is 0.176. The largest absolute Gasteiger partial charge is 0.507 e. The zero-order chi connectivity index (χ0) is 14.9. The molecule has 0 bridgehead atoms. The number of ether oxygens (including phenoxy) is 1. The number of hydrogen-bond acceptors (Lipinski definition) is 4. The van der Waals surface area contributed by atoms with Crippen LogP contribution in [0.1, 0.15) is 11.1 Å². The number of aromatic hydroxyl groups is 1. The van der Waals surface area contributed by atoms with Crippen LogP contribution >= 0.6 is 0 Å². The van der Waals surface area contributed by atoms with Gasteiger partial charge in [-0.25, -0.2) is 4.79 Å². The Morgan fingerprint density at radius 3 is 2.48 bits per heavy atom. The van der Waals surface area contributed by atoms with Gasteiger partial charge in [0.15, 0.2) is 0 Å². The van der Waals surface area contributed by atoms with Gasteiger partial charge in [0.1, 0.15) is 5.75 Å². The van der Waals surface area contributed by atoms with Crippen molar-refractivity contribution < 1.29 is 14.6 Å². The summed E-state index contributed by atoms with van der Waals surface area (Å²) >= 11 is 0. The monoisotopic (exact) mass is 281 g/mol. The standard InChI is InChI=1S/C17H15NO3/c1-21-16(20)17(11-12-7-3-2-4-8-12)15(18-17)13-9-5-6-10-14(13)19/h2-10,19H,11H2,1H3. The average Bonchev–Trinajstić information content (AvgIpc) is 3.23. The Bertz CT molecular complexity index is 709. The number of nitrogens with zero attached hydrogens (tertiary/aromatic N) is 1. The van der Waals surface area contributed by atoms with Crippen molar-refractivity contribution in [3.05, 3.63) is 65.7 Å². The lowest BCUT2D eigenvalue weighted by atomic mass is 9.91. The fourth-order valence-electron chi connectivity index (χ4n) is 2.52. The zero-order valence-corrected chi connectivity index (χ0v) is 11.6. The van der Waals surface area contributed by atoms with E-state index in [1.807, 2.05) is 30.3 Å². The van der Waals surface area contributed by atoms with Gasteiger partial charge in [0, 0.05) is 12.0 Å². The molecule has 0 aliphatic carbocycles. The first-order valence-electron chi connectivity index (χ1n) is 6.68. The molecule has 21 heavy (non-hydrogen) atoms. The summed E-state index contributed by atoms with van der Waals surface area (Å²) in [6.45, 7) is 0. The Labute approximate surface area is 122 Å². The van der Waals surface area contributed by atoms with E-state index < -0.39 is 11.5 Å². The molecule has 3 rings (SSSR count). The van der Waals surface area contributed by atoms with Crippen LogP contribution in [0, 0.1) is 0 Å². The number of para-hydroxylation sites is 1. The van der Waals surface area contributed by atoms with Crippen LogP contribution in [0.15, 0.2) is 59.6 Å². The van der Waals surface area contributed by atoms with Gasteiger partial charge in [-0.2, -0.15) is 0 Å². The van der Waals surface area contributed by atoms with Crippen molar-refractivity contribution in [3.8, 4) is 5.75 Å². The van der Waals surface area contributed by atoms with Gasteiger partial charge in [-0.1, -0.05) is 42.5 Å². The summed E-state index contributed by atoms with van der Waals surface area (Å²) < 4.78 is 4.91. The quantitative estimate of drug-likeness (QED) is 0.875. The van der Waals surface area contributed by atoms with Gasteiger partial charge in [0.25, 0.3) is 0 Å². The topological polar surface area (TPSA) is 58.9 Å². The molecule has 1 heterocycles. The minimum absolute atomic E-state index is 0.120. The third-order valence-electron chi connectivity index (χ3n) is 3.63. The molecule has 1 atom stereocenters. The van der Waals surface area contributed by atoms with Crippen LogP contribution < -0.4 is 0 Å². The predicted molar refractivity (Wildman–Crippen MR) is 79.5 cm³/mol. The van der Waals surface area contributed by atoms with Crippen LogP contribution in [0.25, 0.3) is 0 Å². The molecule has 0 aromatic heterocycles. The maximum atomic E-state index is 12.2. The molecular weight excluding hydrogens is 266 g/mol. The number of esters is 1. The van der Waals surface area contributed by atoms with Crippen molar-refractivity contribution in [3.63, 3.8) is 0 Å². The highest BCUT2D eigenvalue weighted by atomic mass is 16.5.